The van der Waals surface area contributed by atoms with Crippen LogP contribution >= 0.6 is 0 Å². The maximum atomic E-state index is 10.9. The number of hydrogen-bond donors (Lipinski definition) is 1. The SMILES string of the molecule is CCC(=CCON)C(=O)OC. The van der Waals surface area contributed by atoms with Gasteiger partial charge in [0.15, 0.2) is 0 Å². The molecule has 11 heavy (non-hydrogen) atoms. The molecule has 4 heteroatoms. The molecule has 0 amide bonds. The van der Waals surface area contributed by atoms with Crippen LogP contribution in [0, 0.1) is 0 Å². The largest absolute Gasteiger partial charge is 0.466 e. The van der Waals surface area contributed by atoms with Crippen LogP contribution in [0.15, 0.2) is 11.6 Å². The summed E-state index contributed by atoms with van der Waals surface area (Å²) < 4.78 is 4.50. The van der Waals surface area contributed by atoms with E-state index in [2.05, 4.69) is 9.57 Å². The van der Waals surface area contributed by atoms with Gasteiger partial charge in [0.2, 0.25) is 0 Å². The molecule has 4 nitrogen and oxygen atoms in total. The van der Waals surface area contributed by atoms with Crippen molar-refractivity contribution < 1.29 is 14.4 Å². The van der Waals surface area contributed by atoms with Gasteiger partial charge in [-0.15, -0.1) is 0 Å². The minimum atomic E-state index is -0.329. The van der Waals surface area contributed by atoms with Crippen LogP contribution in [-0.2, 0) is 14.4 Å². The van der Waals surface area contributed by atoms with E-state index in [1.54, 1.807) is 6.08 Å². The van der Waals surface area contributed by atoms with E-state index in [9.17, 15) is 4.79 Å². The quantitative estimate of drug-likeness (QED) is 0.366. The van der Waals surface area contributed by atoms with E-state index in [0.29, 0.717) is 12.0 Å². The van der Waals surface area contributed by atoms with E-state index in [4.69, 9.17) is 5.90 Å². The van der Waals surface area contributed by atoms with Crippen LogP contribution < -0.4 is 5.90 Å². The highest BCUT2D eigenvalue weighted by atomic mass is 16.6. The molecule has 0 aromatic carbocycles. The average Bonchev–Trinajstić information content (AvgIpc) is 2.05. The van der Waals surface area contributed by atoms with Crippen molar-refractivity contribution in [1.29, 1.82) is 0 Å². The van der Waals surface area contributed by atoms with Gasteiger partial charge in [0.1, 0.15) is 0 Å². The summed E-state index contributed by atoms with van der Waals surface area (Å²) in [7, 11) is 1.34. The van der Waals surface area contributed by atoms with Crippen molar-refractivity contribution in [3.05, 3.63) is 11.6 Å². The lowest BCUT2D eigenvalue weighted by Gasteiger charge is -2.00. The summed E-state index contributed by atoms with van der Waals surface area (Å²) in [5.74, 6) is 4.45. The van der Waals surface area contributed by atoms with Gasteiger partial charge in [-0.3, -0.25) is 0 Å². The second kappa shape index (κ2) is 5.88. The number of ether oxygens (including phenoxy) is 1. The highest BCUT2D eigenvalue weighted by Gasteiger charge is 2.04. The van der Waals surface area contributed by atoms with Crippen LogP contribution in [0.4, 0.5) is 0 Å². The molecule has 0 aromatic rings. The standard InChI is InChI=1S/C7H13NO3/c1-3-6(4-5-11-8)7(9)10-2/h4H,3,5,8H2,1-2H3. The zero-order valence-corrected chi connectivity index (χ0v) is 6.79. The van der Waals surface area contributed by atoms with Crippen molar-refractivity contribution in [2.24, 2.45) is 5.90 Å². The van der Waals surface area contributed by atoms with Gasteiger partial charge in [-0.25, -0.2) is 10.7 Å². The predicted octanol–water partition coefficient (Wildman–Crippen LogP) is 0.386. The maximum absolute atomic E-state index is 10.9. The molecule has 0 aromatic heterocycles. The summed E-state index contributed by atoms with van der Waals surface area (Å²) in [6.07, 6.45) is 2.22. The minimum Gasteiger partial charge on any atom is -0.466 e. The predicted molar refractivity (Wildman–Crippen MR) is 40.5 cm³/mol. The van der Waals surface area contributed by atoms with Crippen LogP contribution in [0.1, 0.15) is 13.3 Å². The number of carbonyl (C=O) groups is 1. The highest BCUT2D eigenvalue weighted by Crippen LogP contribution is 2.01. The summed E-state index contributed by atoms with van der Waals surface area (Å²) >= 11 is 0. The Morgan fingerprint density at radius 1 is 1.64 bits per heavy atom. The Balaban J connectivity index is 4.03. The van der Waals surface area contributed by atoms with Crippen molar-refractivity contribution in [2.45, 2.75) is 13.3 Å². The first-order valence-corrected chi connectivity index (χ1v) is 3.35. The fraction of sp³-hybridized carbons (Fsp3) is 0.571. The van der Waals surface area contributed by atoms with Gasteiger partial charge in [0.25, 0.3) is 0 Å². The second-order valence-electron chi connectivity index (χ2n) is 1.91. The number of carbonyl (C=O) groups excluding carboxylic acids is 1. The third-order valence-electron chi connectivity index (χ3n) is 1.25. The summed E-state index contributed by atoms with van der Waals surface area (Å²) in [4.78, 5) is 15.1. The Labute approximate surface area is 65.9 Å². The lowest BCUT2D eigenvalue weighted by atomic mass is 10.2. The molecular weight excluding hydrogens is 146 g/mol. The van der Waals surface area contributed by atoms with Crippen LogP contribution in [0.25, 0.3) is 0 Å². The van der Waals surface area contributed by atoms with E-state index < -0.39 is 0 Å². The normalized spacial score (nSPS) is 11.4. The monoisotopic (exact) mass is 159 g/mol. The number of esters is 1. The first-order valence-electron chi connectivity index (χ1n) is 3.35. The molecule has 0 aliphatic rings. The topological polar surface area (TPSA) is 61.5 Å². The first-order chi connectivity index (χ1) is 5.26. The van der Waals surface area contributed by atoms with E-state index in [1.807, 2.05) is 6.92 Å². The van der Waals surface area contributed by atoms with Gasteiger partial charge in [-0.2, -0.15) is 0 Å². The van der Waals surface area contributed by atoms with Crippen LogP contribution in [-0.4, -0.2) is 19.7 Å². The van der Waals surface area contributed by atoms with Crippen molar-refractivity contribution in [3.8, 4) is 0 Å². The second-order valence-corrected chi connectivity index (χ2v) is 1.91. The zero-order chi connectivity index (χ0) is 8.69. The number of hydrogen-bond acceptors (Lipinski definition) is 4. The molecule has 0 radical (unpaired) electrons. The molecule has 0 unspecified atom stereocenters. The van der Waals surface area contributed by atoms with Crippen molar-refractivity contribution in [1.82, 2.24) is 0 Å². The van der Waals surface area contributed by atoms with Gasteiger partial charge < -0.3 is 9.57 Å². The molecule has 64 valence electrons. The number of nitrogens with two attached hydrogens (primary N) is 1. The van der Waals surface area contributed by atoms with Crippen LogP contribution in [0.2, 0.25) is 0 Å². The lowest BCUT2D eigenvalue weighted by molar-refractivity contribution is -0.136. The van der Waals surface area contributed by atoms with Crippen LogP contribution in [0.3, 0.4) is 0 Å². The summed E-state index contributed by atoms with van der Waals surface area (Å²) in [6.45, 7) is 2.09. The smallest absolute Gasteiger partial charge is 0.333 e. The lowest BCUT2D eigenvalue weighted by Crippen LogP contribution is -2.06. The van der Waals surface area contributed by atoms with Gasteiger partial charge in [-0.1, -0.05) is 6.92 Å². The molecule has 0 rings (SSSR count). The van der Waals surface area contributed by atoms with E-state index in [1.165, 1.54) is 7.11 Å². The number of rotatable bonds is 4. The Kier molecular flexibility index (Phi) is 5.42. The van der Waals surface area contributed by atoms with E-state index in [-0.39, 0.29) is 12.6 Å². The molecule has 0 aliphatic heterocycles. The molecular formula is C7H13NO3. The first kappa shape index (κ1) is 10.1. The molecule has 0 heterocycles. The minimum absolute atomic E-state index is 0.234. The molecule has 2 N–H and O–H groups in total. The van der Waals surface area contributed by atoms with E-state index >= 15 is 0 Å². The molecule has 0 bridgehead atoms. The van der Waals surface area contributed by atoms with Crippen LogP contribution in [0.5, 0.6) is 0 Å². The molecule has 0 spiro atoms. The van der Waals surface area contributed by atoms with Crippen molar-refractivity contribution in [3.63, 3.8) is 0 Å². The molecule has 0 atom stereocenters. The van der Waals surface area contributed by atoms with Gasteiger partial charge in [0.05, 0.1) is 13.7 Å². The van der Waals surface area contributed by atoms with Gasteiger partial charge in [0, 0.05) is 5.57 Å². The number of methoxy groups -OCH3 is 1. The molecule has 0 aliphatic carbocycles. The Morgan fingerprint density at radius 2 is 2.27 bits per heavy atom. The fourth-order valence-corrected chi connectivity index (χ4v) is 0.652. The third-order valence-corrected chi connectivity index (χ3v) is 1.25. The Morgan fingerprint density at radius 3 is 2.64 bits per heavy atom. The molecule has 0 fully saturated rings. The molecule has 0 saturated heterocycles. The molecule has 0 saturated carbocycles. The van der Waals surface area contributed by atoms with Crippen molar-refractivity contribution >= 4 is 5.97 Å². The maximum Gasteiger partial charge on any atom is 0.333 e. The highest BCUT2D eigenvalue weighted by molar-refractivity contribution is 5.88. The average molecular weight is 159 g/mol. The van der Waals surface area contributed by atoms with Gasteiger partial charge in [-0.05, 0) is 12.5 Å². The summed E-state index contributed by atoms with van der Waals surface area (Å²) in [5, 5.41) is 0. The van der Waals surface area contributed by atoms with E-state index in [0.717, 1.165) is 0 Å². The third kappa shape index (κ3) is 3.75. The van der Waals surface area contributed by atoms with Crippen molar-refractivity contribution in [2.75, 3.05) is 13.7 Å². The zero-order valence-electron chi connectivity index (χ0n) is 6.79. The summed E-state index contributed by atoms with van der Waals surface area (Å²) in [5.41, 5.74) is 0.581. The van der Waals surface area contributed by atoms with Gasteiger partial charge >= 0.3 is 5.97 Å². The summed E-state index contributed by atoms with van der Waals surface area (Å²) in [6, 6.07) is 0. The Bertz CT molecular complexity index is 154. The Hall–Kier alpha value is -0.870. The fourth-order valence-electron chi connectivity index (χ4n) is 0.652.